The van der Waals surface area contributed by atoms with Crippen LogP contribution in [-0.2, 0) is 4.79 Å². The monoisotopic (exact) mass is 328 g/mol. The van der Waals surface area contributed by atoms with E-state index in [4.69, 9.17) is 16.3 Å². The van der Waals surface area contributed by atoms with Gasteiger partial charge in [-0.25, -0.2) is 0 Å². The van der Waals surface area contributed by atoms with E-state index in [0.717, 1.165) is 5.39 Å². The van der Waals surface area contributed by atoms with E-state index in [9.17, 15) is 9.90 Å². The van der Waals surface area contributed by atoms with Crippen LogP contribution in [0.3, 0.4) is 0 Å². The number of nitrogens with zero attached hydrogens (tertiary/aromatic N) is 1. The first-order valence-electron chi connectivity index (χ1n) is 6.88. The van der Waals surface area contributed by atoms with Crippen molar-refractivity contribution in [1.29, 1.82) is 0 Å². The third kappa shape index (κ3) is 3.52. The quantitative estimate of drug-likeness (QED) is 0.767. The van der Waals surface area contributed by atoms with Gasteiger partial charge in [-0.1, -0.05) is 17.7 Å². The number of rotatable bonds is 4. The Labute approximate surface area is 137 Å². The van der Waals surface area contributed by atoms with E-state index in [2.05, 4.69) is 10.3 Å². The predicted octanol–water partition coefficient (Wildman–Crippen LogP) is 3.61. The SMILES string of the molecule is O=C(COc1ccc(Cl)c2cccnc12)Nc1cccc(O)c1. The summed E-state index contributed by atoms with van der Waals surface area (Å²) in [6.45, 7) is -0.178. The van der Waals surface area contributed by atoms with Crippen molar-refractivity contribution in [2.24, 2.45) is 0 Å². The number of carbonyl (C=O) groups is 1. The van der Waals surface area contributed by atoms with Crippen molar-refractivity contribution < 1.29 is 14.6 Å². The van der Waals surface area contributed by atoms with E-state index in [-0.39, 0.29) is 18.3 Å². The summed E-state index contributed by atoms with van der Waals surface area (Å²) in [5, 5.41) is 13.4. The zero-order valence-electron chi connectivity index (χ0n) is 12.0. The highest BCUT2D eigenvalue weighted by Gasteiger charge is 2.09. The van der Waals surface area contributed by atoms with Gasteiger partial charge in [0.05, 0.1) is 5.02 Å². The zero-order chi connectivity index (χ0) is 16.2. The maximum Gasteiger partial charge on any atom is 0.262 e. The van der Waals surface area contributed by atoms with E-state index < -0.39 is 0 Å². The van der Waals surface area contributed by atoms with Crippen LogP contribution in [-0.4, -0.2) is 22.6 Å². The largest absolute Gasteiger partial charge is 0.508 e. The van der Waals surface area contributed by atoms with Crippen LogP contribution in [0.4, 0.5) is 5.69 Å². The van der Waals surface area contributed by atoms with E-state index >= 15 is 0 Å². The fourth-order valence-corrected chi connectivity index (χ4v) is 2.37. The Morgan fingerprint density at radius 2 is 2.09 bits per heavy atom. The lowest BCUT2D eigenvalue weighted by atomic mass is 10.2. The summed E-state index contributed by atoms with van der Waals surface area (Å²) in [6, 6.07) is 13.3. The van der Waals surface area contributed by atoms with E-state index in [1.54, 1.807) is 36.5 Å². The fraction of sp³-hybridized carbons (Fsp3) is 0.0588. The number of fused-ring (bicyclic) bond motifs is 1. The number of amides is 1. The maximum absolute atomic E-state index is 11.9. The number of benzene rings is 2. The number of aromatic nitrogens is 1. The van der Waals surface area contributed by atoms with Gasteiger partial charge in [0.25, 0.3) is 5.91 Å². The molecule has 0 spiro atoms. The van der Waals surface area contributed by atoms with Crippen LogP contribution in [0, 0.1) is 0 Å². The summed E-state index contributed by atoms with van der Waals surface area (Å²) in [6.07, 6.45) is 1.64. The summed E-state index contributed by atoms with van der Waals surface area (Å²) < 4.78 is 5.54. The molecule has 0 saturated heterocycles. The summed E-state index contributed by atoms with van der Waals surface area (Å²) >= 11 is 6.12. The fourth-order valence-electron chi connectivity index (χ4n) is 2.15. The van der Waals surface area contributed by atoms with Gasteiger partial charge in [-0.3, -0.25) is 9.78 Å². The number of ether oxygens (including phenoxy) is 1. The lowest BCUT2D eigenvalue weighted by Crippen LogP contribution is -2.20. The van der Waals surface area contributed by atoms with E-state index in [0.29, 0.717) is 22.0 Å². The second kappa shape index (κ2) is 6.54. The molecule has 3 aromatic rings. The topological polar surface area (TPSA) is 71.5 Å². The van der Waals surface area contributed by atoms with Crippen LogP contribution in [0.15, 0.2) is 54.7 Å². The van der Waals surface area contributed by atoms with Crippen LogP contribution in [0.25, 0.3) is 10.9 Å². The van der Waals surface area contributed by atoms with Gasteiger partial charge in [-0.05, 0) is 36.4 Å². The average molecular weight is 329 g/mol. The van der Waals surface area contributed by atoms with Crippen molar-refractivity contribution in [3.63, 3.8) is 0 Å². The molecule has 3 rings (SSSR count). The molecule has 0 aliphatic rings. The second-order valence-electron chi connectivity index (χ2n) is 4.83. The molecule has 1 amide bonds. The Morgan fingerprint density at radius 3 is 2.91 bits per heavy atom. The standard InChI is InChI=1S/C17H13ClN2O3/c18-14-6-7-15(17-13(14)5-2-8-19-17)23-10-16(22)20-11-3-1-4-12(21)9-11/h1-9,21H,10H2,(H,20,22). The van der Waals surface area contributed by atoms with Crippen molar-refractivity contribution in [2.75, 3.05) is 11.9 Å². The molecule has 5 nitrogen and oxygen atoms in total. The Hall–Kier alpha value is -2.79. The number of aromatic hydroxyl groups is 1. The Balaban J connectivity index is 1.71. The van der Waals surface area contributed by atoms with Gasteiger partial charge in [0.15, 0.2) is 6.61 Å². The van der Waals surface area contributed by atoms with Crippen LogP contribution < -0.4 is 10.1 Å². The molecular formula is C17H13ClN2O3. The number of phenols is 1. The number of hydrogen-bond acceptors (Lipinski definition) is 4. The summed E-state index contributed by atoms with van der Waals surface area (Å²) in [7, 11) is 0. The number of pyridine rings is 1. The highest BCUT2D eigenvalue weighted by atomic mass is 35.5. The molecule has 0 unspecified atom stereocenters. The van der Waals surface area contributed by atoms with E-state index in [1.165, 1.54) is 12.1 Å². The molecule has 0 fully saturated rings. The third-order valence-corrected chi connectivity index (χ3v) is 3.50. The smallest absolute Gasteiger partial charge is 0.262 e. The van der Waals surface area contributed by atoms with E-state index in [1.807, 2.05) is 6.07 Å². The van der Waals surface area contributed by atoms with Gasteiger partial charge in [0.2, 0.25) is 0 Å². The number of phenolic OH excluding ortho intramolecular Hbond substituents is 1. The lowest BCUT2D eigenvalue weighted by molar-refractivity contribution is -0.118. The van der Waals surface area contributed by atoms with Crippen LogP contribution in [0.5, 0.6) is 11.5 Å². The number of carbonyl (C=O) groups excluding carboxylic acids is 1. The minimum Gasteiger partial charge on any atom is -0.508 e. The number of hydrogen-bond donors (Lipinski definition) is 2. The second-order valence-corrected chi connectivity index (χ2v) is 5.24. The first-order chi connectivity index (χ1) is 11.1. The van der Waals surface area contributed by atoms with Crippen LogP contribution in [0.1, 0.15) is 0 Å². The molecule has 1 heterocycles. The molecule has 23 heavy (non-hydrogen) atoms. The summed E-state index contributed by atoms with van der Waals surface area (Å²) in [5.74, 6) is 0.224. The molecular weight excluding hydrogens is 316 g/mol. The van der Waals surface area contributed by atoms with Gasteiger partial charge < -0.3 is 15.2 Å². The van der Waals surface area contributed by atoms with Gasteiger partial charge in [-0.2, -0.15) is 0 Å². The molecule has 1 aromatic heterocycles. The highest BCUT2D eigenvalue weighted by Crippen LogP contribution is 2.29. The number of halogens is 1. The predicted molar refractivity (Wildman–Crippen MR) is 89.0 cm³/mol. The maximum atomic E-state index is 11.9. The molecule has 2 N–H and O–H groups in total. The zero-order valence-corrected chi connectivity index (χ0v) is 12.7. The molecule has 0 atom stereocenters. The van der Waals surface area contributed by atoms with Crippen LogP contribution >= 0.6 is 11.6 Å². The van der Waals surface area contributed by atoms with Crippen molar-refractivity contribution in [1.82, 2.24) is 4.98 Å². The summed E-state index contributed by atoms with van der Waals surface area (Å²) in [4.78, 5) is 16.2. The van der Waals surface area contributed by atoms with Gasteiger partial charge in [0, 0.05) is 23.3 Å². The van der Waals surface area contributed by atoms with Crippen LogP contribution in [0.2, 0.25) is 5.02 Å². The molecule has 0 aliphatic carbocycles. The third-order valence-electron chi connectivity index (χ3n) is 3.17. The van der Waals surface area contributed by atoms with Crippen molar-refractivity contribution in [3.05, 3.63) is 59.8 Å². The van der Waals surface area contributed by atoms with Crippen molar-refractivity contribution >= 4 is 34.1 Å². The molecule has 0 aliphatic heterocycles. The minimum absolute atomic E-state index is 0.0802. The van der Waals surface area contributed by atoms with Gasteiger partial charge >= 0.3 is 0 Å². The van der Waals surface area contributed by atoms with Crippen molar-refractivity contribution in [2.45, 2.75) is 0 Å². The first kappa shape index (κ1) is 15.1. The molecule has 2 aromatic carbocycles. The highest BCUT2D eigenvalue weighted by molar-refractivity contribution is 6.35. The average Bonchev–Trinajstić information content (AvgIpc) is 2.54. The molecule has 0 saturated carbocycles. The molecule has 116 valence electrons. The van der Waals surface area contributed by atoms with Crippen molar-refractivity contribution in [3.8, 4) is 11.5 Å². The lowest BCUT2D eigenvalue weighted by Gasteiger charge is -2.10. The molecule has 6 heteroatoms. The Kier molecular flexibility index (Phi) is 4.30. The Bertz CT molecular complexity index is 867. The summed E-state index contributed by atoms with van der Waals surface area (Å²) in [5.41, 5.74) is 1.10. The number of nitrogens with one attached hydrogen (secondary N) is 1. The minimum atomic E-state index is -0.338. The number of anilines is 1. The Morgan fingerprint density at radius 1 is 1.22 bits per heavy atom. The molecule has 0 bridgehead atoms. The normalized spacial score (nSPS) is 10.5. The van der Waals surface area contributed by atoms with Gasteiger partial charge in [0.1, 0.15) is 17.0 Å². The molecule has 0 radical (unpaired) electrons. The van der Waals surface area contributed by atoms with Gasteiger partial charge in [-0.15, -0.1) is 0 Å². The first-order valence-corrected chi connectivity index (χ1v) is 7.26.